The highest BCUT2D eigenvalue weighted by atomic mass is 19.4. The molecule has 0 aromatic carbocycles. The number of alkyl halides is 3. The first-order valence-electron chi connectivity index (χ1n) is 12.5. The number of carbonyl (C=O) groups is 3. The van der Waals surface area contributed by atoms with Crippen LogP contribution in [-0.2, 0) is 19.1 Å². The van der Waals surface area contributed by atoms with Crippen molar-refractivity contribution in [2.24, 2.45) is 40.9 Å². The van der Waals surface area contributed by atoms with Crippen molar-refractivity contribution in [2.75, 3.05) is 6.61 Å². The first-order valence-corrected chi connectivity index (χ1v) is 12.5. The highest BCUT2D eigenvalue weighted by molar-refractivity contribution is 5.86. The molecule has 6 nitrogen and oxygen atoms in total. The van der Waals surface area contributed by atoms with Crippen molar-refractivity contribution < 1.29 is 42.5 Å². The third-order valence-corrected chi connectivity index (χ3v) is 9.84. The molecule has 4 rings (SSSR count). The maximum atomic E-state index is 13.4. The van der Waals surface area contributed by atoms with E-state index in [1.807, 2.05) is 0 Å². The van der Waals surface area contributed by atoms with E-state index in [0.29, 0.717) is 30.6 Å². The standard InChI is InChI=1S/C25H35F3O6/c1-23-10-8-16-15-9-11-24(33,25(26,27)28)12-14(15)2-3-17(16)18(23)4-5-19(23)20(29)13-34-22(32)7-6-21(30)31/h14-19,33H,2-13H2,1H3,(H,30,31)/t14-,15+,16-,17-,18+,19-,23+,24-/m1/s1. The Morgan fingerprint density at radius 2 is 1.65 bits per heavy atom. The molecule has 0 heterocycles. The zero-order valence-electron chi connectivity index (χ0n) is 19.6. The van der Waals surface area contributed by atoms with E-state index in [2.05, 4.69) is 6.92 Å². The van der Waals surface area contributed by atoms with E-state index in [-0.39, 0.29) is 61.2 Å². The van der Waals surface area contributed by atoms with Gasteiger partial charge in [-0.2, -0.15) is 13.2 Å². The number of hydrogen-bond acceptors (Lipinski definition) is 5. The average Bonchev–Trinajstić information content (AvgIpc) is 3.12. The lowest BCUT2D eigenvalue weighted by molar-refractivity contribution is -0.282. The van der Waals surface area contributed by atoms with Crippen LogP contribution < -0.4 is 0 Å². The van der Waals surface area contributed by atoms with Gasteiger partial charge in [0.15, 0.2) is 11.4 Å². The topological polar surface area (TPSA) is 101 Å². The molecule has 34 heavy (non-hydrogen) atoms. The minimum Gasteiger partial charge on any atom is -0.481 e. The summed E-state index contributed by atoms with van der Waals surface area (Å²) in [4.78, 5) is 35.3. The number of aliphatic carboxylic acids is 1. The smallest absolute Gasteiger partial charge is 0.417 e. The molecular formula is C25H35F3O6. The number of esters is 1. The van der Waals surface area contributed by atoms with Crippen LogP contribution in [0, 0.1) is 40.9 Å². The molecule has 0 aromatic rings. The first-order chi connectivity index (χ1) is 15.9. The lowest BCUT2D eigenvalue weighted by Gasteiger charge is -2.57. The molecule has 0 saturated heterocycles. The van der Waals surface area contributed by atoms with Gasteiger partial charge >= 0.3 is 18.1 Å². The molecule has 0 radical (unpaired) electrons. The molecule has 4 saturated carbocycles. The molecule has 4 aliphatic rings. The fourth-order valence-corrected chi connectivity index (χ4v) is 8.20. The van der Waals surface area contributed by atoms with E-state index in [1.165, 1.54) is 0 Å². The van der Waals surface area contributed by atoms with Crippen LogP contribution in [0.1, 0.15) is 77.6 Å². The maximum Gasteiger partial charge on any atom is 0.417 e. The van der Waals surface area contributed by atoms with Gasteiger partial charge in [0, 0.05) is 5.92 Å². The molecule has 0 aliphatic heterocycles. The van der Waals surface area contributed by atoms with Crippen LogP contribution in [0.25, 0.3) is 0 Å². The van der Waals surface area contributed by atoms with E-state index >= 15 is 0 Å². The number of carboxylic acids is 1. The van der Waals surface area contributed by atoms with Crippen LogP contribution in [-0.4, -0.2) is 46.3 Å². The summed E-state index contributed by atoms with van der Waals surface area (Å²) in [5.41, 5.74) is -2.77. The van der Waals surface area contributed by atoms with E-state index in [0.717, 1.165) is 32.1 Å². The Balaban J connectivity index is 1.38. The molecule has 0 aromatic heterocycles. The molecule has 9 heteroatoms. The molecule has 192 valence electrons. The van der Waals surface area contributed by atoms with Crippen LogP contribution in [0.15, 0.2) is 0 Å². The number of carbonyl (C=O) groups excluding carboxylic acids is 2. The summed E-state index contributed by atoms with van der Waals surface area (Å²) in [5.74, 6) is -0.960. The van der Waals surface area contributed by atoms with Crippen molar-refractivity contribution in [3.63, 3.8) is 0 Å². The Morgan fingerprint density at radius 3 is 2.32 bits per heavy atom. The number of halogens is 3. The monoisotopic (exact) mass is 488 g/mol. The van der Waals surface area contributed by atoms with Gasteiger partial charge in [-0.25, -0.2) is 0 Å². The van der Waals surface area contributed by atoms with Crippen molar-refractivity contribution in [1.29, 1.82) is 0 Å². The Hall–Kier alpha value is -1.64. The number of carboxylic acid groups (broad SMARTS) is 1. The Labute approximate surface area is 197 Å². The molecule has 0 bridgehead atoms. The molecule has 0 amide bonds. The second-order valence-electron chi connectivity index (χ2n) is 11.4. The quantitative estimate of drug-likeness (QED) is 0.533. The molecule has 4 fully saturated rings. The number of ketones is 1. The second kappa shape index (κ2) is 9.10. The Bertz CT molecular complexity index is 828. The van der Waals surface area contributed by atoms with Gasteiger partial charge in [-0.1, -0.05) is 6.92 Å². The van der Waals surface area contributed by atoms with Crippen molar-refractivity contribution in [2.45, 2.75) is 89.3 Å². The van der Waals surface area contributed by atoms with Crippen LogP contribution in [0.3, 0.4) is 0 Å². The van der Waals surface area contributed by atoms with Crippen LogP contribution in [0.2, 0.25) is 0 Å². The third-order valence-electron chi connectivity index (χ3n) is 9.84. The van der Waals surface area contributed by atoms with E-state index in [9.17, 15) is 32.7 Å². The summed E-state index contributed by atoms with van der Waals surface area (Å²) < 4.78 is 45.3. The number of Topliss-reactive ketones (excluding diaryl/α,β-unsaturated/α-hetero) is 1. The molecule has 2 N–H and O–H groups in total. The molecule has 0 unspecified atom stereocenters. The summed E-state index contributed by atoms with van der Waals surface area (Å²) in [6.45, 7) is 1.81. The minimum absolute atomic E-state index is 0.102. The second-order valence-corrected chi connectivity index (χ2v) is 11.4. The highest BCUT2D eigenvalue weighted by Crippen LogP contribution is 2.65. The molecule has 4 aliphatic carbocycles. The number of ether oxygens (including phenoxy) is 1. The van der Waals surface area contributed by atoms with E-state index in [4.69, 9.17) is 9.84 Å². The number of aliphatic hydroxyl groups is 1. The predicted octanol–water partition coefficient (Wildman–Crippen LogP) is 4.53. The molecular weight excluding hydrogens is 453 g/mol. The fraction of sp³-hybridized carbons (Fsp3) is 0.880. The zero-order valence-corrected chi connectivity index (χ0v) is 19.6. The van der Waals surface area contributed by atoms with Crippen LogP contribution in [0.5, 0.6) is 0 Å². The summed E-state index contributed by atoms with van der Waals surface area (Å²) in [5, 5.41) is 18.9. The van der Waals surface area contributed by atoms with Crippen molar-refractivity contribution in [3.05, 3.63) is 0 Å². The highest BCUT2D eigenvalue weighted by Gasteiger charge is 2.62. The lowest BCUT2D eigenvalue weighted by atomic mass is 9.49. The Morgan fingerprint density at radius 1 is 0.941 bits per heavy atom. The van der Waals surface area contributed by atoms with Gasteiger partial charge in [-0.15, -0.1) is 0 Å². The van der Waals surface area contributed by atoms with Gasteiger partial charge in [0.25, 0.3) is 0 Å². The van der Waals surface area contributed by atoms with Crippen molar-refractivity contribution in [1.82, 2.24) is 0 Å². The van der Waals surface area contributed by atoms with Crippen molar-refractivity contribution >= 4 is 17.7 Å². The van der Waals surface area contributed by atoms with Crippen LogP contribution >= 0.6 is 0 Å². The largest absolute Gasteiger partial charge is 0.481 e. The lowest BCUT2D eigenvalue weighted by Crippen LogP contribution is -2.55. The zero-order chi connectivity index (χ0) is 24.9. The Kier molecular flexibility index (Phi) is 6.81. The van der Waals surface area contributed by atoms with E-state index < -0.39 is 23.7 Å². The van der Waals surface area contributed by atoms with Gasteiger partial charge in [-0.3, -0.25) is 14.4 Å². The van der Waals surface area contributed by atoms with E-state index in [1.54, 1.807) is 0 Å². The SMILES string of the molecule is C[C@]12CC[C@H]3[C@@H](CC[C@@H]4C[C@@](O)(C(F)(F)F)CC[C@@H]43)[C@@H]1CC[C@@H]2C(=O)COC(=O)CCC(=O)O. The maximum absolute atomic E-state index is 13.4. The number of rotatable bonds is 6. The molecule has 8 atom stereocenters. The van der Waals surface area contributed by atoms with Crippen molar-refractivity contribution in [3.8, 4) is 0 Å². The van der Waals surface area contributed by atoms with Gasteiger partial charge < -0.3 is 14.9 Å². The van der Waals surface area contributed by atoms with Crippen LogP contribution in [0.4, 0.5) is 13.2 Å². The number of fused-ring (bicyclic) bond motifs is 5. The number of hydrogen-bond donors (Lipinski definition) is 2. The predicted molar refractivity (Wildman–Crippen MR) is 114 cm³/mol. The summed E-state index contributed by atoms with van der Waals surface area (Å²) >= 11 is 0. The summed E-state index contributed by atoms with van der Waals surface area (Å²) in [7, 11) is 0. The normalized spacial score (nSPS) is 41.7. The minimum atomic E-state index is -4.59. The van der Waals surface area contributed by atoms with Gasteiger partial charge in [0.2, 0.25) is 0 Å². The van der Waals surface area contributed by atoms with Gasteiger partial charge in [-0.05, 0) is 92.8 Å². The fourth-order valence-electron chi connectivity index (χ4n) is 8.20. The molecule has 0 spiro atoms. The summed E-state index contributed by atoms with van der Waals surface area (Å²) in [6.07, 6.45) is -0.344. The summed E-state index contributed by atoms with van der Waals surface area (Å²) in [6, 6.07) is 0. The van der Waals surface area contributed by atoms with Gasteiger partial charge in [0.05, 0.1) is 12.8 Å². The van der Waals surface area contributed by atoms with Gasteiger partial charge in [0.1, 0.15) is 6.61 Å². The average molecular weight is 489 g/mol. The first kappa shape index (κ1) is 25.5. The third kappa shape index (κ3) is 4.49.